The third-order valence-corrected chi connectivity index (χ3v) is 5.01. The number of amides is 1. The van der Waals surface area contributed by atoms with Gasteiger partial charge in [0.2, 0.25) is 5.95 Å². The van der Waals surface area contributed by atoms with Crippen LogP contribution in [0.4, 0.5) is 28.8 Å². The van der Waals surface area contributed by atoms with E-state index in [4.69, 9.17) is 4.74 Å². The highest BCUT2D eigenvalue weighted by Crippen LogP contribution is 2.22. The van der Waals surface area contributed by atoms with Crippen molar-refractivity contribution in [2.45, 2.75) is 13.8 Å². The zero-order valence-corrected chi connectivity index (χ0v) is 18.7. The molecule has 33 heavy (non-hydrogen) atoms. The molecule has 0 bridgehead atoms. The highest BCUT2D eigenvalue weighted by Gasteiger charge is 2.09. The fourth-order valence-electron chi connectivity index (χ4n) is 3.30. The van der Waals surface area contributed by atoms with Gasteiger partial charge in [-0.05, 0) is 74.0 Å². The van der Waals surface area contributed by atoms with Crippen LogP contribution in [0.15, 0.2) is 78.9 Å². The number of hydrogen-bond acceptors (Lipinski definition) is 6. The minimum atomic E-state index is -0.134. The van der Waals surface area contributed by atoms with Crippen LogP contribution in [0.25, 0.3) is 0 Å². The summed E-state index contributed by atoms with van der Waals surface area (Å²) in [4.78, 5) is 21.5. The average Bonchev–Trinajstić information content (AvgIpc) is 2.81. The van der Waals surface area contributed by atoms with Gasteiger partial charge in [-0.2, -0.15) is 4.98 Å². The molecule has 4 aromatic rings. The van der Waals surface area contributed by atoms with E-state index in [0.717, 1.165) is 28.4 Å². The van der Waals surface area contributed by atoms with Crippen LogP contribution in [0.1, 0.15) is 21.6 Å². The smallest absolute Gasteiger partial charge is 0.255 e. The number of carbonyl (C=O) groups excluding carboxylic acids is 1. The minimum absolute atomic E-state index is 0.134. The molecule has 3 N–H and O–H groups in total. The van der Waals surface area contributed by atoms with Crippen molar-refractivity contribution in [3.8, 4) is 5.75 Å². The van der Waals surface area contributed by atoms with Crippen LogP contribution in [0, 0.1) is 13.8 Å². The van der Waals surface area contributed by atoms with Gasteiger partial charge in [-0.3, -0.25) is 4.79 Å². The maximum absolute atomic E-state index is 12.5. The van der Waals surface area contributed by atoms with Gasteiger partial charge in [-0.1, -0.05) is 18.2 Å². The van der Waals surface area contributed by atoms with Crippen LogP contribution < -0.4 is 20.7 Å². The van der Waals surface area contributed by atoms with Gasteiger partial charge in [0.05, 0.1) is 7.11 Å². The first-order valence-electron chi connectivity index (χ1n) is 10.5. The van der Waals surface area contributed by atoms with Gasteiger partial charge in [-0.15, -0.1) is 0 Å². The molecule has 0 unspecified atom stereocenters. The van der Waals surface area contributed by atoms with E-state index in [1.54, 1.807) is 7.11 Å². The largest absolute Gasteiger partial charge is 0.497 e. The molecule has 0 radical (unpaired) electrons. The number of aryl methyl sites for hydroxylation is 2. The summed E-state index contributed by atoms with van der Waals surface area (Å²) in [6.07, 6.45) is 0. The molecule has 0 aliphatic rings. The van der Waals surface area contributed by atoms with Crippen LogP contribution in [0.2, 0.25) is 0 Å². The number of hydrogen-bond donors (Lipinski definition) is 3. The Morgan fingerprint density at radius 1 is 0.788 bits per heavy atom. The van der Waals surface area contributed by atoms with Crippen molar-refractivity contribution in [2.75, 3.05) is 23.1 Å². The number of methoxy groups -OCH3 is 1. The SMILES string of the molecule is COc1ccc(Nc2cc(C)nc(Nc3ccc(NC(=O)c4ccccc4C)cc3)n2)cc1. The number of ether oxygens (including phenoxy) is 1. The van der Waals surface area contributed by atoms with Crippen LogP contribution in [-0.2, 0) is 0 Å². The lowest BCUT2D eigenvalue weighted by molar-refractivity contribution is 0.102. The highest BCUT2D eigenvalue weighted by atomic mass is 16.5. The Balaban J connectivity index is 1.43. The summed E-state index contributed by atoms with van der Waals surface area (Å²) in [5, 5.41) is 9.42. The Morgan fingerprint density at radius 2 is 1.42 bits per heavy atom. The zero-order valence-electron chi connectivity index (χ0n) is 18.7. The average molecular weight is 440 g/mol. The van der Waals surface area contributed by atoms with E-state index >= 15 is 0 Å². The Kier molecular flexibility index (Phi) is 6.50. The molecule has 0 aliphatic heterocycles. The van der Waals surface area contributed by atoms with Crippen LogP contribution in [0.3, 0.4) is 0 Å². The molecule has 0 atom stereocenters. The standard InChI is InChI=1S/C26H25N5O2/c1-17-6-4-5-7-23(17)25(32)29-20-8-10-21(11-9-20)30-26-27-18(2)16-24(31-26)28-19-12-14-22(33-3)15-13-19/h4-16H,1-3H3,(H,29,32)(H2,27,28,30,31). The second-order valence-corrected chi connectivity index (χ2v) is 7.54. The number of rotatable bonds is 7. The summed E-state index contributed by atoms with van der Waals surface area (Å²) in [5.41, 5.74) is 4.83. The van der Waals surface area contributed by atoms with E-state index in [1.807, 2.05) is 92.7 Å². The lowest BCUT2D eigenvalue weighted by Crippen LogP contribution is -2.13. The topological polar surface area (TPSA) is 88.2 Å². The van der Waals surface area contributed by atoms with Crippen LogP contribution in [0.5, 0.6) is 5.75 Å². The van der Waals surface area contributed by atoms with E-state index < -0.39 is 0 Å². The van der Waals surface area contributed by atoms with Crippen LogP contribution >= 0.6 is 0 Å². The summed E-state index contributed by atoms with van der Waals surface area (Å²) in [5.74, 6) is 1.81. The van der Waals surface area contributed by atoms with E-state index in [2.05, 4.69) is 25.9 Å². The molecule has 0 aliphatic carbocycles. The maximum Gasteiger partial charge on any atom is 0.255 e. The Hall–Kier alpha value is -4.39. The van der Waals surface area contributed by atoms with Crippen molar-refractivity contribution in [1.82, 2.24) is 9.97 Å². The molecule has 0 spiro atoms. The minimum Gasteiger partial charge on any atom is -0.497 e. The van der Waals surface area contributed by atoms with Crippen molar-refractivity contribution < 1.29 is 9.53 Å². The molecule has 7 heteroatoms. The quantitative estimate of drug-likeness (QED) is 0.335. The van der Waals surface area contributed by atoms with Gasteiger partial charge in [-0.25, -0.2) is 4.98 Å². The predicted octanol–water partition coefficient (Wildman–Crippen LogP) is 5.84. The molecule has 1 amide bonds. The lowest BCUT2D eigenvalue weighted by atomic mass is 10.1. The van der Waals surface area contributed by atoms with Crippen molar-refractivity contribution in [2.24, 2.45) is 0 Å². The van der Waals surface area contributed by atoms with Gasteiger partial charge in [0.25, 0.3) is 5.91 Å². The normalized spacial score (nSPS) is 10.4. The Bertz CT molecular complexity index is 1250. The van der Waals surface area contributed by atoms with E-state index in [0.29, 0.717) is 23.0 Å². The number of benzene rings is 3. The molecule has 1 aromatic heterocycles. The number of nitrogens with zero attached hydrogens (tertiary/aromatic N) is 2. The third-order valence-electron chi connectivity index (χ3n) is 5.01. The highest BCUT2D eigenvalue weighted by molar-refractivity contribution is 6.05. The first-order chi connectivity index (χ1) is 16.0. The fourth-order valence-corrected chi connectivity index (χ4v) is 3.30. The Labute approximate surface area is 192 Å². The van der Waals surface area contributed by atoms with Gasteiger partial charge in [0, 0.05) is 34.4 Å². The number of anilines is 5. The summed E-state index contributed by atoms with van der Waals surface area (Å²) in [6.45, 7) is 3.83. The molecule has 4 rings (SSSR count). The number of aromatic nitrogens is 2. The van der Waals surface area contributed by atoms with Gasteiger partial charge in [0.1, 0.15) is 11.6 Å². The van der Waals surface area contributed by atoms with Crippen molar-refractivity contribution in [3.63, 3.8) is 0 Å². The van der Waals surface area contributed by atoms with Crippen molar-refractivity contribution in [1.29, 1.82) is 0 Å². The summed E-state index contributed by atoms with van der Waals surface area (Å²) in [6, 6.07) is 24.4. The molecule has 0 saturated heterocycles. The summed E-state index contributed by atoms with van der Waals surface area (Å²) < 4.78 is 5.19. The number of nitrogens with one attached hydrogen (secondary N) is 3. The van der Waals surface area contributed by atoms with E-state index in [1.165, 1.54) is 0 Å². The molecule has 0 fully saturated rings. The Morgan fingerprint density at radius 3 is 2.12 bits per heavy atom. The van der Waals surface area contributed by atoms with Crippen LogP contribution in [-0.4, -0.2) is 23.0 Å². The van der Waals surface area contributed by atoms with E-state index in [9.17, 15) is 4.79 Å². The van der Waals surface area contributed by atoms with Gasteiger partial charge in [0.15, 0.2) is 0 Å². The first-order valence-corrected chi connectivity index (χ1v) is 10.5. The van der Waals surface area contributed by atoms with Gasteiger partial charge >= 0.3 is 0 Å². The van der Waals surface area contributed by atoms with E-state index in [-0.39, 0.29) is 5.91 Å². The molecule has 1 heterocycles. The monoisotopic (exact) mass is 439 g/mol. The summed E-state index contributed by atoms with van der Waals surface area (Å²) >= 11 is 0. The summed E-state index contributed by atoms with van der Waals surface area (Å²) in [7, 11) is 1.64. The second kappa shape index (κ2) is 9.82. The van der Waals surface area contributed by atoms with Crippen molar-refractivity contribution >= 4 is 34.7 Å². The molecular weight excluding hydrogens is 414 g/mol. The van der Waals surface area contributed by atoms with Gasteiger partial charge < -0.3 is 20.7 Å². The lowest BCUT2D eigenvalue weighted by Gasteiger charge is -2.11. The molecule has 3 aromatic carbocycles. The fraction of sp³-hybridized carbons (Fsp3) is 0.115. The molecule has 166 valence electrons. The predicted molar refractivity (Wildman–Crippen MR) is 132 cm³/mol. The number of carbonyl (C=O) groups is 1. The third kappa shape index (κ3) is 5.65. The zero-order chi connectivity index (χ0) is 23.2. The molecular formula is C26H25N5O2. The molecule has 0 saturated carbocycles. The molecule has 7 nitrogen and oxygen atoms in total. The second-order valence-electron chi connectivity index (χ2n) is 7.54. The maximum atomic E-state index is 12.5. The first kappa shape index (κ1) is 21.8. The van der Waals surface area contributed by atoms with Crippen molar-refractivity contribution in [3.05, 3.63) is 95.7 Å².